The molecule has 0 saturated carbocycles. The molecule has 0 spiro atoms. The highest BCUT2D eigenvalue weighted by molar-refractivity contribution is 5.96. The summed E-state index contributed by atoms with van der Waals surface area (Å²) in [5.41, 5.74) is 1.11. The van der Waals surface area contributed by atoms with Crippen molar-refractivity contribution < 1.29 is 14.6 Å². The van der Waals surface area contributed by atoms with E-state index in [1.807, 2.05) is 13.8 Å². The lowest BCUT2D eigenvalue weighted by atomic mass is 10.1. The van der Waals surface area contributed by atoms with E-state index >= 15 is 0 Å². The number of aliphatic hydroxyl groups is 1. The number of hydrogen-bond acceptors (Lipinski definition) is 4. The third kappa shape index (κ3) is 5.18. The van der Waals surface area contributed by atoms with Crippen molar-refractivity contribution in [1.82, 2.24) is 9.88 Å². The normalized spacial score (nSPS) is 10.1. The molecule has 5 nitrogen and oxygen atoms in total. The molecule has 0 aliphatic heterocycles. The number of pyridine rings is 1. The Morgan fingerprint density at radius 2 is 2.29 bits per heavy atom. The molecule has 0 aliphatic rings. The zero-order valence-electron chi connectivity index (χ0n) is 12.8. The lowest BCUT2D eigenvalue weighted by molar-refractivity contribution is 0.0634. The van der Waals surface area contributed by atoms with Crippen LogP contribution in [0.1, 0.15) is 36.2 Å². The molecule has 0 bridgehead atoms. The molecule has 5 heteroatoms. The highest BCUT2D eigenvalue weighted by Crippen LogP contribution is 2.12. The Kier molecular flexibility index (Phi) is 7.44. The van der Waals surface area contributed by atoms with E-state index in [0.717, 1.165) is 0 Å². The number of carbonyl (C=O) groups is 1. The van der Waals surface area contributed by atoms with Gasteiger partial charge in [0.05, 0.1) is 24.3 Å². The molecule has 1 rings (SSSR count). The van der Waals surface area contributed by atoms with Crippen molar-refractivity contribution in [2.75, 3.05) is 26.9 Å². The summed E-state index contributed by atoms with van der Waals surface area (Å²) in [4.78, 5) is 18.4. The zero-order chi connectivity index (χ0) is 15.7. The van der Waals surface area contributed by atoms with Crippen LogP contribution in [-0.4, -0.2) is 53.8 Å². The van der Waals surface area contributed by atoms with E-state index < -0.39 is 0 Å². The molecule has 0 radical (unpaired) electrons. The molecule has 1 heterocycles. The SMILES string of the molecule is COCCN(C(=O)c1ccncc1C#CCCO)C(C)C. The molecule has 0 fully saturated rings. The van der Waals surface area contributed by atoms with E-state index in [9.17, 15) is 4.79 Å². The molecule has 1 aromatic heterocycles. The van der Waals surface area contributed by atoms with Gasteiger partial charge in [0.2, 0.25) is 0 Å². The Hall–Kier alpha value is -1.90. The second-order valence-electron chi connectivity index (χ2n) is 4.78. The fourth-order valence-corrected chi connectivity index (χ4v) is 1.83. The standard InChI is InChI=1S/C16H22N2O3/c1-13(2)18(9-11-21-3)16(20)15-7-8-17-12-14(15)6-4-5-10-19/h7-8,12-13,19H,5,9-11H2,1-3H3. The van der Waals surface area contributed by atoms with E-state index in [1.165, 1.54) is 0 Å². The average molecular weight is 290 g/mol. The van der Waals surface area contributed by atoms with Gasteiger partial charge in [-0.05, 0) is 19.9 Å². The van der Waals surface area contributed by atoms with Gasteiger partial charge in [-0.25, -0.2) is 0 Å². The summed E-state index contributed by atoms with van der Waals surface area (Å²) < 4.78 is 5.06. The Morgan fingerprint density at radius 3 is 2.90 bits per heavy atom. The third-order valence-corrected chi connectivity index (χ3v) is 2.93. The van der Waals surface area contributed by atoms with Crippen molar-refractivity contribution >= 4 is 5.91 Å². The number of aromatic nitrogens is 1. The lowest BCUT2D eigenvalue weighted by Crippen LogP contribution is -2.39. The molecule has 1 N–H and O–H groups in total. The molecule has 1 amide bonds. The number of aliphatic hydroxyl groups excluding tert-OH is 1. The van der Waals surface area contributed by atoms with Crippen LogP contribution in [-0.2, 0) is 4.74 Å². The number of hydrogen-bond donors (Lipinski definition) is 1. The Morgan fingerprint density at radius 1 is 1.52 bits per heavy atom. The molecule has 21 heavy (non-hydrogen) atoms. The summed E-state index contributed by atoms with van der Waals surface area (Å²) in [5.74, 6) is 5.63. The number of nitrogens with zero attached hydrogens (tertiary/aromatic N) is 2. The minimum absolute atomic E-state index is 0.00248. The summed E-state index contributed by atoms with van der Waals surface area (Å²) in [6, 6.07) is 1.74. The lowest BCUT2D eigenvalue weighted by Gasteiger charge is -2.26. The summed E-state index contributed by atoms with van der Waals surface area (Å²) in [6.45, 7) is 4.94. The van der Waals surface area contributed by atoms with E-state index in [4.69, 9.17) is 9.84 Å². The number of ether oxygens (including phenoxy) is 1. The van der Waals surface area contributed by atoms with Gasteiger partial charge in [-0.2, -0.15) is 0 Å². The van der Waals surface area contributed by atoms with Crippen molar-refractivity contribution in [1.29, 1.82) is 0 Å². The number of rotatable bonds is 6. The van der Waals surface area contributed by atoms with E-state index in [0.29, 0.717) is 30.7 Å². The minimum atomic E-state index is -0.0854. The van der Waals surface area contributed by atoms with Crippen molar-refractivity contribution in [3.8, 4) is 11.8 Å². The molecular formula is C16H22N2O3. The second kappa shape index (κ2) is 9.11. The molecular weight excluding hydrogens is 268 g/mol. The number of methoxy groups -OCH3 is 1. The average Bonchev–Trinajstić information content (AvgIpc) is 2.48. The Bertz CT molecular complexity index is 518. The van der Waals surface area contributed by atoms with Gasteiger partial charge in [-0.15, -0.1) is 0 Å². The minimum Gasteiger partial charge on any atom is -0.395 e. The molecule has 0 aromatic carbocycles. The third-order valence-electron chi connectivity index (χ3n) is 2.93. The maximum absolute atomic E-state index is 12.7. The van der Waals surface area contributed by atoms with Crippen molar-refractivity contribution in [2.45, 2.75) is 26.3 Å². The maximum atomic E-state index is 12.7. The predicted octanol–water partition coefficient (Wildman–Crippen LogP) is 1.31. The van der Waals surface area contributed by atoms with E-state index in [2.05, 4.69) is 16.8 Å². The summed E-state index contributed by atoms with van der Waals surface area (Å²) in [6.07, 6.45) is 3.53. The van der Waals surface area contributed by atoms with Gasteiger partial charge < -0.3 is 14.7 Å². The molecule has 114 valence electrons. The second-order valence-corrected chi connectivity index (χ2v) is 4.78. The number of amides is 1. The van der Waals surface area contributed by atoms with Gasteiger partial charge in [0.25, 0.3) is 5.91 Å². The van der Waals surface area contributed by atoms with Crippen LogP contribution in [0.25, 0.3) is 0 Å². The first kappa shape index (κ1) is 17.2. The molecule has 0 aliphatic carbocycles. The van der Waals surface area contributed by atoms with Crippen LogP contribution >= 0.6 is 0 Å². The summed E-state index contributed by atoms with van der Waals surface area (Å²) in [5, 5.41) is 8.77. The first-order valence-electron chi connectivity index (χ1n) is 6.95. The van der Waals surface area contributed by atoms with Crippen LogP contribution in [0.5, 0.6) is 0 Å². The van der Waals surface area contributed by atoms with Crippen molar-refractivity contribution in [2.24, 2.45) is 0 Å². The van der Waals surface area contributed by atoms with Crippen LogP contribution in [0, 0.1) is 11.8 Å². The Balaban J connectivity index is 3.02. The van der Waals surface area contributed by atoms with E-state index in [1.54, 1.807) is 30.5 Å². The number of carbonyl (C=O) groups excluding carboxylic acids is 1. The van der Waals surface area contributed by atoms with Gasteiger partial charge in [0, 0.05) is 38.5 Å². The van der Waals surface area contributed by atoms with Crippen molar-refractivity contribution in [3.05, 3.63) is 29.6 Å². The summed E-state index contributed by atoms with van der Waals surface area (Å²) in [7, 11) is 1.61. The zero-order valence-corrected chi connectivity index (χ0v) is 12.8. The Labute approximate surface area is 125 Å². The largest absolute Gasteiger partial charge is 0.395 e. The van der Waals surface area contributed by atoms with Gasteiger partial charge in [-0.1, -0.05) is 11.8 Å². The molecule has 1 aromatic rings. The maximum Gasteiger partial charge on any atom is 0.255 e. The van der Waals surface area contributed by atoms with Gasteiger partial charge in [0.1, 0.15) is 0 Å². The van der Waals surface area contributed by atoms with Gasteiger partial charge in [-0.3, -0.25) is 9.78 Å². The summed E-state index contributed by atoms with van der Waals surface area (Å²) >= 11 is 0. The van der Waals surface area contributed by atoms with Crippen LogP contribution in [0.15, 0.2) is 18.5 Å². The van der Waals surface area contributed by atoms with Gasteiger partial charge >= 0.3 is 0 Å². The topological polar surface area (TPSA) is 62.7 Å². The first-order valence-corrected chi connectivity index (χ1v) is 6.95. The predicted molar refractivity (Wildman–Crippen MR) is 80.9 cm³/mol. The smallest absolute Gasteiger partial charge is 0.255 e. The highest BCUT2D eigenvalue weighted by Gasteiger charge is 2.20. The fourth-order valence-electron chi connectivity index (χ4n) is 1.83. The van der Waals surface area contributed by atoms with Crippen LogP contribution < -0.4 is 0 Å². The fraction of sp³-hybridized carbons (Fsp3) is 0.500. The van der Waals surface area contributed by atoms with Crippen LogP contribution in [0.2, 0.25) is 0 Å². The van der Waals surface area contributed by atoms with Crippen LogP contribution in [0.3, 0.4) is 0 Å². The van der Waals surface area contributed by atoms with E-state index in [-0.39, 0.29) is 18.6 Å². The van der Waals surface area contributed by atoms with Crippen LogP contribution in [0.4, 0.5) is 0 Å². The van der Waals surface area contributed by atoms with Crippen molar-refractivity contribution in [3.63, 3.8) is 0 Å². The van der Waals surface area contributed by atoms with Gasteiger partial charge in [0.15, 0.2) is 0 Å². The molecule has 0 unspecified atom stereocenters. The highest BCUT2D eigenvalue weighted by atomic mass is 16.5. The first-order chi connectivity index (χ1) is 10.1. The quantitative estimate of drug-likeness (QED) is 0.803. The monoisotopic (exact) mass is 290 g/mol. The molecule has 0 saturated heterocycles. The molecule has 0 atom stereocenters.